The Morgan fingerprint density at radius 2 is 1.92 bits per heavy atom. The Labute approximate surface area is 77.8 Å². The van der Waals surface area contributed by atoms with Gasteiger partial charge >= 0.3 is 0 Å². The highest BCUT2D eigenvalue weighted by Crippen LogP contribution is 2.19. The van der Waals surface area contributed by atoms with E-state index in [4.69, 9.17) is 5.73 Å². The normalized spacial score (nSPS) is 12.1. The third kappa shape index (κ3) is 2.09. The molecule has 0 aliphatic rings. The van der Waals surface area contributed by atoms with E-state index in [1.165, 1.54) is 12.1 Å². The first-order valence-corrected chi connectivity index (χ1v) is 5.35. The number of nitrogens with two attached hydrogens (primary N) is 1. The Balaban J connectivity index is 3.31. The number of para-hydroxylation sites is 1. The van der Waals surface area contributed by atoms with Crippen LogP contribution in [0.1, 0.15) is 6.92 Å². The molecule has 0 bridgehead atoms. The number of hydrogen-bond donors (Lipinski definition) is 1. The predicted octanol–water partition coefficient (Wildman–Crippen LogP) is 1.58. The molecule has 1 rings (SSSR count). The molecule has 0 saturated heterocycles. The maximum absolute atomic E-state index is 11.5. The van der Waals surface area contributed by atoms with Gasteiger partial charge in [0.05, 0.1) is 10.6 Å². The van der Waals surface area contributed by atoms with E-state index < -0.39 is 9.84 Å². The van der Waals surface area contributed by atoms with E-state index in [-0.39, 0.29) is 10.6 Å². The molecule has 0 radical (unpaired) electrons. The molecule has 0 aromatic heterocycles. The summed E-state index contributed by atoms with van der Waals surface area (Å²) in [7, 11) is -3.35. The SMILES string of the molecule is C/C=C/S(=O)(=O)c1ccccc1N. The molecule has 2 N–H and O–H groups in total. The first kappa shape index (κ1) is 9.80. The van der Waals surface area contributed by atoms with Crippen LogP contribution in [0.5, 0.6) is 0 Å². The zero-order valence-electron chi connectivity index (χ0n) is 7.27. The first-order chi connectivity index (χ1) is 6.08. The summed E-state index contributed by atoms with van der Waals surface area (Å²) in [5.74, 6) is 0. The van der Waals surface area contributed by atoms with Gasteiger partial charge in [-0.1, -0.05) is 18.2 Å². The monoisotopic (exact) mass is 197 g/mol. The molecule has 0 aliphatic heterocycles. The second-order valence-electron chi connectivity index (χ2n) is 2.55. The summed E-state index contributed by atoms with van der Waals surface area (Å²) >= 11 is 0. The van der Waals surface area contributed by atoms with Gasteiger partial charge in [0.15, 0.2) is 0 Å². The summed E-state index contributed by atoms with van der Waals surface area (Å²) in [4.78, 5) is 0.160. The number of allylic oxidation sites excluding steroid dienone is 1. The number of rotatable bonds is 2. The Morgan fingerprint density at radius 3 is 2.46 bits per heavy atom. The van der Waals surface area contributed by atoms with Crippen molar-refractivity contribution in [2.75, 3.05) is 5.73 Å². The van der Waals surface area contributed by atoms with Crippen LogP contribution in [0.4, 0.5) is 5.69 Å². The quantitative estimate of drug-likeness (QED) is 0.732. The van der Waals surface area contributed by atoms with E-state index >= 15 is 0 Å². The highest BCUT2D eigenvalue weighted by atomic mass is 32.2. The second-order valence-corrected chi connectivity index (χ2v) is 4.35. The molecule has 4 heteroatoms. The zero-order valence-corrected chi connectivity index (χ0v) is 8.08. The van der Waals surface area contributed by atoms with Crippen LogP contribution in [-0.4, -0.2) is 8.42 Å². The van der Waals surface area contributed by atoms with Crippen molar-refractivity contribution in [3.63, 3.8) is 0 Å². The summed E-state index contributed by atoms with van der Waals surface area (Å²) in [6.45, 7) is 1.65. The summed E-state index contributed by atoms with van der Waals surface area (Å²) in [5.41, 5.74) is 5.80. The smallest absolute Gasteiger partial charge is 0.201 e. The van der Waals surface area contributed by atoms with Crippen LogP contribution >= 0.6 is 0 Å². The van der Waals surface area contributed by atoms with E-state index in [1.807, 2.05) is 0 Å². The summed E-state index contributed by atoms with van der Waals surface area (Å²) in [6.07, 6.45) is 1.47. The molecule has 0 heterocycles. The summed E-state index contributed by atoms with van der Waals surface area (Å²) < 4.78 is 23.0. The van der Waals surface area contributed by atoms with Crippen molar-refractivity contribution in [1.82, 2.24) is 0 Å². The van der Waals surface area contributed by atoms with Crippen molar-refractivity contribution in [3.8, 4) is 0 Å². The van der Waals surface area contributed by atoms with Crippen molar-refractivity contribution >= 4 is 15.5 Å². The lowest BCUT2D eigenvalue weighted by Gasteiger charge is -2.01. The number of hydrogen-bond acceptors (Lipinski definition) is 3. The van der Waals surface area contributed by atoms with Gasteiger partial charge in [-0.2, -0.15) is 0 Å². The number of anilines is 1. The molecule has 0 fully saturated rings. The van der Waals surface area contributed by atoms with E-state index in [9.17, 15) is 8.42 Å². The molecule has 0 saturated carbocycles. The maximum Gasteiger partial charge on any atom is 0.201 e. The fraction of sp³-hybridized carbons (Fsp3) is 0.111. The average Bonchev–Trinajstić information content (AvgIpc) is 2.04. The van der Waals surface area contributed by atoms with Crippen LogP contribution in [0.3, 0.4) is 0 Å². The van der Waals surface area contributed by atoms with Gasteiger partial charge in [0.1, 0.15) is 0 Å². The predicted molar refractivity (Wildman–Crippen MR) is 52.9 cm³/mol. The van der Waals surface area contributed by atoms with E-state index in [0.717, 1.165) is 5.41 Å². The minimum Gasteiger partial charge on any atom is -0.398 e. The molecule has 0 amide bonds. The standard InChI is InChI=1S/C9H11NO2S/c1-2-7-13(11,12)9-6-4-3-5-8(9)10/h2-7H,10H2,1H3/b7-2+. The molecular weight excluding hydrogens is 186 g/mol. The van der Waals surface area contributed by atoms with Crippen molar-refractivity contribution in [2.24, 2.45) is 0 Å². The fourth-order valence-electron chi connectivity index (χ4n) is 0.992. The van der Waals surface area contributed by atoms with Gasteiger partial charge < -0.3 is 5.73 Å². The van der Waals surface area contributed by atoms with Crippen molar-refractivity contribution in [1.29, 1.82) is 0 Å². The van der Waals surface area contributed by atoms with Crippen LogP contribution in [-0.2, 0) is 9.84 Å². The summed E-state index contributed by atoms with van der Waals surface area (Å²) in [5, 5.41) is 1.14. The Hall–Kier alpha value is -1.29. The van der Waals surface area contributed by atoms with E-state index in [0.29, 0.717) is 0 Å². The lowest BCUT2D eigenvalue weighted by molar-refractivity contribution is 0.605. The van der Waals surface area contributed by atoms with Crippen LogP contribution in [0, 0.1) is 0 Å². The minimum atomic E-state index is -3.35. The van der Waals surface area contributed by atoms with Crippen LogP contribution in [0.15, 0.2) is 40.6 Å². The van der Waals surface area contributed by atoms with Gasteiger partial charge in [-0.05, 0) is 19.1 Å². The fourth-order valence-corrected chi connectivity index (χ4v) is 2.16. The molecule has 0 spiro atoms. The highest BCUT2D eigenvalue weighted by Gasteiger charge is 2.12. The maximum atomic E-state index is 11.5. The Morgan fingerprint density at radius 1 is 1.31 bits per heavy atom. The lowest BCUT2D eigenvalue weighted by atomic mass is 10.3. The van der Waals surface area contributed by atoms with Gasteiger partial charge in [-0.3, -0.25) is 0 Å². The number of nitrogen functional groups attached to an aromatic ring is 1. The third-order valence-electron chi connectivity index (χ3n) is 1.54. The molecule has 1 aromatic rings. The van der Waals surface area contributed by atoms with Gasteiger partial charge in [-0.15, -0.1) is 0 Å². The summed E-state index contributed by atoms with van der Waals surface area (Å²) in [6, 6.07) is 6.40. The molecule has 3 nitrogen and oxygen atoms in total. The topological polar surface area (TPSA) is 60.2 Å². The van der Waals surface area contributed by atoms with Crippen LogP contribution in [0.25, 0.3) is 0 Å². The minimum absolute atomic E-state index is 0.160. The largest absolute Gasteiger partial charge is 0.398 e. The zero-order chi connectivity index (χ0) is 9.90. The molecule has 1 aromatic carbocycles. The first-order valence-electron chi connectivity index (χ1n) is 3.80. The molecule has 70 valence electrons. The van der Waals surface area contributed by atoms with Gasteiger partial charge in [0.25, 0.3) is 0 Å². The number of sulfone groups is 1. The molecule has 13 heavy (non-hydrogen) atoms. The molecular formula is C9H11NO2S. The van der Waals surface area contributed by atoms with Crippen molar-refractivity contribution in [3.05, 3.63) is 35.7 Å². The second kappa shape index (κ2) is 3.62. The molecule has 0 unspecified atom stereocenters. The molecule has 0 aliphatic carbocycles. The van der Waals surface area contributed by atoms with Crippen molar-refractivity contribution in [2.45, 2.75) is 11.8 Å². The van der Waals surface area contributed by atoms with E-state index in [1.54, 1.807) is 25.1 Å². The Bertz CT molecular complexity index is 421. The number of benzene rings is 1. The van der Waals surface area contributed by atoms with Gasteiger partial charge in [0, 0.05) is 5.41 Å². The highest BCUT2D eigenvalue weighted by molar-refractivity contribution is 7.94. The van der Waals surface area contributed by atoms with Crippen LogP contribution < -0.4 is 5.73 Å². The van der Waals surface area contributed by atoms with Gasteiger partial charge in [-0.25, -0.2) is 8.42 Å². The lowest BCUT2D eigenvalue weighted by Crippen LogP contribution is -2.00. The van der Waals surface area contributed by atoms with Crippen LogP contribution in [0.2, 0.25) is 0 Å². The molecule has 0 atom stereocenters. The van der Waals surface area contributed by atoms with Crippen molar-refractivity contribution < 1.29 is 8.42 Å². The third-order valence-corrected chi connectivity index (χ3v) is 3.16. The Kier molecular flexibility index (Phi) is 2.72. The average molecular weight is 197 g/mol. The van der Waals surface area contributed by atoms with Gasteiger partial charge in [0.2, 0.25) is 9.84 Å². The van der Waals surface area contributed by atoms with E-state index in [2.05, 4.69) is 0 Å².